The molecule has 2 rings (SSSR count). The number of anilines is 1. The number of amides is 1. The number of rotatable bonds is 9. The molecular formula is C22H30N2O4S. The van der Waals surface area contributed by atoms with Gasteiger partial charge in [0.15, 0.2) is 6.10 Å². The summed E-state index contributed by atoms with van der Waals surface area (Å²) in [4.78, 5) is 12.8. The molecule has 0 saturated heterocycles. The van der Waals surface area contributed by atoms with Crippen LogP contribution in [0.3, 0.4) is 0 Å². The Morgan fingerprint density at radius 1 is 1.07 bits per heavy atom. The van der Waals surface area contributed by atoms with Crippen LogP contribution in [0.25, 0.3) is 0 Å². The molecule has 0 aliphatic heterocycles. The summed E-state index contributed by atoms with van der Waals surface area (Å²) in [6.45, 7) is 5.97. The van der Waals surface area contributed by atoms with Crippen LogP contribution in [0.15, 0.2) is 48.5 Å². The number of carbonyl (C=O) groups excluding carboxylic acids is 1. The predicted octanol–water partition coefficient (Wildman–Crippen LogP) is 3.82. The lowest BCUT2D eigenvalue weighted by atomic mass is 9.99. The van der Waals surface area contributed by atoms with E-state index in [1.54, 1.807) is 24.3 Å². The second-order valence-electron chi connectivity index (χ2n) is 7.07. The number of hydrogen-bond acceptors (Lipinski definition) is 4. The van der Waals surface area contributed by atoms with Crippen LogP contribution in [0.2, 0.25) is 0 Å². The van der Waals surface area contributed by atoms with Crippen molar-refractivity contribution in [2.75, 3.05) is 17.6 Å². The highest BCUT2D eigenvalue weighted by Gasteiger charge is 2.23. The number of nitrogens with zero attached hydrogens (tertiary/aromatic N) is 1. The Hall–Kier alpha value is -2.54. The SMILES string of the molecule is CC[C@H](NC(=O)[C@@H](CC)Oc1ccc(N(C)S(C)(=O)=O)cc1)c1ccccc1C. The normalized spacial score (nSPS) is 13.4. The van der Waals surface area contributed by atoms with Crippen LogP contribution in [0, 0.1) is 6.92 Å². The number of carbonyl (C=O) groups is 1. The van der Waals surface area contributed by atoms with E-state index in [2.05, 4.69) is 5.32 Å². The van der Waals surface area contributed by atoms with Gasteiger partial charge in [0.2, 0.25) is 10.0 Å². The van der Waals surface area contributed by atoms with Gasteiger partial charge in [0, 0.05) is 7.05 Å². The van der Waals surface area contributed by atoms with Gasteiger partial charge in [0.1, 0.15) is 5.75 Å². The first-order chi connectivity index (χ1) is 13.7. The van der Waals surface area contributed by atoms with E-state index < -0.39 is 16.1 Å². The zero-order valence-electron chi connectivity index (χ0n) is 17.7. The van der Waals surface area contributed by atoms with Gasteiger partial charge in [-0.1, -0.05) is 38.1 Å². The molecule has 1 amide bonds. The molecule has 29 heavy (non-hydrogen) atoms. The lowest BCUT2D eigenvalue weighted by Crippen LogP contribution is -2.40. The molecule has 0 bridgehead atoms. The molecule has 158 valence electrons. The Morgan fingerprint density at radius 2 is 1.69 bits per heavy atom. The molecular weight excluding hydrogens is 388 g/mol. The van der Waals surface area contributed by atoms with E-state index in [4.69, 9.17) is 4.74 Å². The lowest BCUT2D eigenvalue weighted by molar-refractivity contribution is -0.128. The summed E-state index contributed by atoms with van der Waals surface area (Å²) in [5, 5.41) is 3.09. The molecule has 6 nitrogen and oxygen atoms in total. The zero-order valence-corrected chi connectivity index (χ0v) is 18.5. The van der Waals surface area contributed by atoms with Gasteiger partial charge in [-0.3, -0.25) is 9.10 Å². The minimum absolute atomic E-state index is 0.0767. The third kappa shape index (κ3) is 5.97. The molecule has 1 N–H and O–H groups in total. The Labute approximate surface area is 173 Å². The largest absolute Gasteiger partial charge is 0.481 e. The fraction of sp³-hybridized carbons (Fsp3) is 0.409. The molecule has 0 saturated carbocycles. The first kappa shape index (κ1) is 22.7. The van der Waals surface area contributed by atoms with Gasteiger partial charge in [0.05, 0.1) is 18.0 Å². The molecule has 0 radical (unpaired) electrons. The molecule has 0 aliphatic carbocycles. The summed E-state index contributed by atoms with van der Waals surface area (Å²) in [7, 11) is -1.84. The lowest BCUT2D eigenvalue weighted by Gasteiger charge is -2.24. The van der Waals surface area contributed by atoms with Crippen molar-refractivity contribution in [2.45, 2.75) is 45.8 Å². The van der Waals surface area contributed by atoms with E-state index in [1.165, 1.54) is 11.4 Å². The molecule has 0 unspecified atom stereocenters. The highest BCUT2D eigenvalue weighted by atomic mass is 32.2. The first-order valence-corrected chi connectivity index (χ1v) is 11.6. The minimum Gasteiger partial charge on any atom is -0.481 e. The van der Waals surface area contributed by atoms with Crippen LogP contribution >= 0.6 is 0 Å². The Balaban J connectivity index is 2.09. The monoisotopic (exact) mass is 418 g/mol. The number of nitrogens with one attached hydrogen (secondary N) is 1. The van der Waals surface area contributed by atoms with E-state index in [9.17, 15) is 13.2 Å². The van der Waals surface area contributed by atoms with Gasteiger partial charge in [-0.15, -0.1) is 0 Å². The first-order valence-electron chi connectivity index (χ1n) is 9.73. The van der Waals surface area contributed by atoms with Gasteiger partial charge >= 0.3 is 0 Å². The maximum absolute atomic E-state index is 12.8. The summed E-state index contributed by atoms with van der Waals surface area (Å²) in [5.74, 6) is 0.349. The van der Waals surface area contributed by atoms with Gasteiger partial charge in [-0.25, -0.2) is 8.42 Å². The summed E-state index contributed by atoms with van der Waals surface area (Å²) in [6, 6.07) is 14.6. The number of benzene rings is 2. The number of ether oxygens (including phenoxy) is 1. The van der Waals surface area contributed by atoms with Gasteiger partial charge in [-0.05, 0) is 55.2 Å². The number of sulfonamides is 1. The van der Waals surface area contributed by atoms with Crippen molar-refractivity contribution in [3.63, 3.8) is 0 Å². The fourth-order valence-corrected chi connectivity index (χ4v) is 3.56. The predicted molar refractivity (Wildman–Crippen MR) is 117 cm³/mol. The molecule has 7 heteroatoms. The molecule has 2 aromatic rings. The second-order valence-corrected chi connectivity index (χ2v) is 9.08. The number of hydrogen-bond donors (Lipinski definition) is 1. The van der Waals surface area contributed by atoms with Crippen LogP contribution < -0.4 is 14.4 Å². The van der Waals surface area contributed by atoms with E-state index in [0.29, 0.717) is 17.9 Å². The van der Waals surface area contributed by atoms with Crippen LogP contribution in [-0.4, -0.2) is 33.7 Å². The summed E-state index contributed by atoms with van der Waals surface area (Å²) in [5.41, 5.74) is 2.77. The highest BCUT2D eigenvalue weighted by Crippen LogP contribution is 2.23. The molecule has 0 fully saturated rings. The van der Waals surface area contributed by atoms with E-state index in [0.717, 1.165) is 23.8 Å². The van der Waals surface area contributed by atoms with Crippen molar-refractivity contribution in [3.8, 4) is 5.75 Å². The highest BCUT2D eigenvalue weighted by molar-refractivity contribution is 7.92. The van der Waals surface area contributed by atoms with Crippen LogP contribution in [0.5, 0.6) is 5.75 Å². The van der Waals surface area contributed by atoms with Crippen molar-refractivity contribution in [2.24, 2.45) is 0 Å². The Morgan fingerprint density at radius 3 is 2.21 bits per heavy atom. The molecule has 0 aromatic heterocycles. The standard InChI is InChI=1S/C22H30N2O4S/c1-6-20(19-11-9-8-10-16(19)3)23-22(25)21(7-2)28-18-14-12-17(13-15-18)24(4)29(5,26)27/h8-15,20-21H,6-7H2,1-5H3,(H,23,25)/t20-,21+/m0/s1. The van der Waals surface area contributed by atoms with Crippen molar-refractivity contribution in [3.05, 3.63) is 59.7 Å². The third-order valence-electron chi connectivity index (χ3n) is 4.93. The Kier molecular flexibility index (Phi) is 7.67. The molecule has 2 atom stereocenters. The molecule has 2 aromatic carbocycles. The van der Waals surface area contributed by atoms with Crippen LogP contribution in [-0.2, 0) is 14.8 Å². The quantitative estimate of drug-likeness (QED) is 0.672. The second kappa shape index (κ2) is 9.78. The minimum atomic E-state index is -3.33. The van der Waals surface area contributed by atoms with Gasteiger partial charge in [0.25, 0.3) is 5.91 Å². The van der Waals surface area contributed by atoms with Crippen molar-refractivity contribution < 1.29 is 17.9 Å². The van der Waals surface area contributed by atoms with Gasteiger partial charge in [-0.2, -0.15) is 0 Å². The van der Waals surface area contributed by atoms with E-state index in [-0.39, 0.29) is 11.9 Å². The van der Waals surface area contributed by atoms with Crippen LogP contribution in [0.1, 0.15) is 43.9 Å². The summed E-state index contributed by atoms with van der Waals surface area (Å²) >= 11 is 0. The summed E-state index contributed by atoms with van der Waals surface area (Å²) < 4.78 is 30.4. The Bertz CT molecular complexity index is 926. The van der Waals surface area contributed by atoms with E-state index in [1.807, 2.05) is 45.0 Å². The topological polar surface area (TPSA) is 75.7 Å². The third-order valence-corrected chi connectivity index (χ3v) is 6.13. The van der Waals surface area contributed by atoms with Crippen LogP contribution in [0.4, 0.5) is 5.69 Å². The van der Waals surface area contributed by atoms with Crippen molar-refractivity contribution in [1.82, 2.24) is 5.32 Å². The maximum atomic E-state index is 12.8. The fourth-order valence-electron chi connectivity index (χ4n) is 3.05. The molecule has 0 aliphatic rings. The number of aryl methyl sites for hydroxylation is 1. The average molecular weight is 419 g/mol. The van der Waals surface area contributed by atoms with Gasteiger partial charge < -0.3 is 10.1 Å². The molecule has 0 heterocycles. The average Bonchev–Trinajstić information content (AvgIpc) is 2.70. The van der Waals surface area contributed by atoms with E-state index >= 15 is 0 Å². The molecule has 0 spiro atoms. The summed E-state index contributed by atoms with van der Waals surface area (Å²) in [6.07, 6.45) is 1.81. The van der Waals surface area contributed by atoms with Crippen molar-refractivity contribution in [1.29, 1.82) is 0 Å². The smallest absolute Gasteiger partial charge is 0.261 e. The van der Waals surface area contributed by atoms with Crippen molar-refractivity contribution >= 4 is 21.6 Å². The zero-order chi connectivity index (χ0) is 21.6. The maximum Gasteiger partial charge on any atom is 0.261 e.